The van der Waals surface area contributed by atoms with Crippen LogP contribution in [0.5, 0.6) is 0 Å². The lowest BCUT2D eigenvalue weighted by atomic mass is 9.98. The maximum atomic E-state index is 14.1. The number of fused-ring (bicyclic) bond motifs is 1. The average molecular weight is 340 g/mol. The first-order valence-electron chi connectivity index (χ1n) is 6.86. The minimum absolute atomic E-state index is 0.701. The van der Waals surface area contributed by atoms with Crippen LogP contribution in [0.4, 0.5) is 8.78 Å². The van der Waals surface area contributed by atoms with Crippen molar-refractivity contribution in [3.63, 3.8) is 0 Å². The highest BCUT2D eigenvalue weighted by Gasteiger charge is 2.43. The summed E-state index contributed by atoms with van der Waals surface area (Å²) in [5.74, 6) is 0. The second-order valence-corrected chi connectivity index (χ2v) is 6.31. The average Bonchev–Trinajstić information content (AvgIpc) is 2.91. The van der Waals surface area contributed by atoms with Gasteiger partial charge in [0.05, 0.1) is 0 Å². The van der Waals surface area contributed by atoms with Gasteiger partial charge in [-0.05, 0) is 58.2 Å². The van der Waals surface area contributed by atoms with Gasteiger partial charge in [0.25, 0.3) is 0 Å². The Labute approximate surface area is 125 Å². The molecule has 106 valence electrons. The normalized spacial score (nSPS) is 18.6. The zero-order chi connectivity index (χ0) is 14.2. The van der Waals surface area contributed by atoms with E-state index in [1.807, 2.05) is 47.4 Å². The molecule has 0 saturated carbocycles. The van der Waals surface area contributed by atoms with Crippen molar-refractivity contribution in [3.8, 4) is 0 Å². The van der Waals surface area contributed by atoms with Crippen molar-refractivity contribution in [2.45, 2.75) is 23.7 Å². The molecule has 2 aromatic carbocycles. The topological polar surface area (TPSA) is 3.24 Å². The van der Waals surface area contributed by atoms with Crippen LogP contribution >= 0.6 is 15.9 Å². The van der Waals surface area contributed by atoms with Crippen LogP contribution in [0.3, 0.4) is 0 Å². The summed E-state index contributed by atoms with van der Waals surface area (Å²) in [6.07, 6.45) is 1.98. The molecule has 1 heterocycles. The fourth-order valence-electron chi connectivity index (χ4n) is 3.07. The Kier molecular flexibility index (Phi) is 3.78. The molecule has 2 aromatic rings. The van der Waals surface area contributed by atoms with Crippen molar-refractivity contribution in [3.05, 3.63) is 48.0 Å². The Balaban J connectivity index is 2.14. The molecular formula is C16H16BrF2N. The molecule has 1 aliphatic heterocycles. The van der Waals surface area contributed by atoms with Gasteiger partial charge in [-0.25, -0.2) is 0 Å². The largest absolute Gasteiger partial charge is 0.320 e. The van der Waals surface area contributed by atoms with Crippen molar-refractivity contribution in [2.75, 3.05) is 13.1 Å². The van der Waals surface area contributed by atoms with Crippen LogP contribution in [0.2, 0.25) is 0 Å². The van der Waals surface area contributed by atoms with Gasteiger partial charge in [0.1, 0.15) is 6.04 Å². The van der Waals surface area contributed by atoms with Crippen molar-refractivity contribution in [2.24, 2.45) is 0 Å². The van der Waals surface area contributed by atoms with Gasteiger partial charge in [0.2, 0.25) is 0 Å². The Morgan fingerprint density at radius 1 is 1.00 bits per heavy atom. The van der Waals surface area contributed by atoms with Crippen molar-refractivity contribution in [1.29, 1.82) is 0 Å². The third kappa shape index (κ3) is 2.59. The monoisotopic (exact) mass is 339 g/mol. The number of hydrogen-bond acceptors (Lipinski definition) is 1. The number of nitrogens with zero attached hydrogens (tertiary/aromatic N) is 1. The molecule has 4 heteroatoms. The number of hydrogen-bond donors (Lipinski definition) is 0. The Morgan fingerprint density at radius 3 is 2.35 bits per heavy atom. The third-order valence-corrected chi connectivity index (χ3v) is 4.37. The molecule has 1 fully saturated rings. The van der Waals surface area contributed by atoms with Crippen LogP contribution < -0.4 is 0 Å². The lowest BCUT2D eigenvalue weighted by Gasteiger charge is -2.32. The number of alkyl halides is 3. The molecule has 20 heavy (non-hydrogen) atoms. The molecular weight excluding hydrogens is 324 g/mol. The van der Waals surface area contributed by atoms with E-state index in [2.05, 4.69) is 15.9 Å². The SMILES string of the molecule is FC(F)(Br)C(c1cccc2ccccc12)N1CCCC1. The Morgan fingerprint density at radius 2 is 1.65 bits per heavy atom. The minimum Gasteiger partial charge on any atom is -0.290 e. The first-order chi connectivity index (χ1) is 9.57. The van der Waals surface area contributed by atoms with Crippen molar-refractivity contribution >= 4 is 26.7 Å². The molecule has 3 rings (SSSR count). The highest BCUT2D eigenvalue weighted by Crippen LogP contribution is 2.44. The van der Waals surface area contributed by atoms with Gasteiger partial charge < -0.3 is 0 Å². The quantitative estimate of drug-likeness (QED) is 0.714. The fraction of sp³-hybridized carbons (Fsp3) is 0.375. The van der Waals surface area contributed by atoms with E-state index in [9.17, 15) is 8.78 Å². The van der Waals surface area contributed by atoms with Crippen LogP contribution in [0.15, 0.2) is 42.5 Å². The van der Waals surface area contributed by atoms with E-state index in [1.54, 1.807) is 0 Å². The zero-order valence-corrected chi connectivity index (χ0v) is 12.6. The van der Waals surface area contributed by atoms with Gasteiger partial charge in [0.15, 0.2) is 0 Å². The number of likely N-dealkylation sites (tertiary alicyclic amines) is 1. The Hall–Kier alpha value is -1.00. The van der Waals surface area contributed by atoms with Gasteiger partial charge in [-0.1, -0.05) is 42.5 Å². The molecule has 1 aliphatic rings. The molecule has 0 amide bonds. The molecule has 0 aliphatic carbocycles. The molecule has 0 spiro atoms. The summed E-state index contributed by atoms with van der Waals surface area (Å²) in [4.78, 5) is -1.04. The molecule has 0 bridgehead atoms. The highest BCUT2D eigenvalue weighted by atomic mass is 79.9. The van der Waals surface area contributed by atoms with E-state index in [4.69, 9.17) is 0 Å². The van der Waals surface area contributed by atoms with Crippen LogP contribution in [-0.4, -0.2) is 22.8 Å². The molecule has 1 atom stereocenters. The van der Waals surface area contributed by atoms with Gasteiger partial charge in [-0.3, -0.25) is 4.90 Å². The molecule has 1 nitrogen and oxygen atoms in total. The number of rotatable bonds is 3. The van der Waals surface area contributed by atoms with Gasteiger partial charge >= 0.3 is 4.83 Å². The number of halogens is 3. The van der Waals surface area contributed by atoms with E-state index in [1.165, 1.54) is 0 Å². The van der Waals surface area contributed by atoms with Crippen molar-refractivity contribution in [1.82, 2.24) is 4.90 Å². The zero-order valence-electron chi connectivity index (χ0n) is 11.0. The summed E-state index contributed by atoms with van der Waals surface area (Å²) in [5, 5.41) is 1.91. The lowest BCUT2D eigenvalue weighted by molar-refractivity contribution is 0.0107. The van der Waals surface area contributed by atoms with Crippen LogP contribution in [0.25, 0.3) is 10.8 Å². The summed E-state index contributed by atoms with van der Waals surface area (Å²) in [6.45, 7) is 1.46. The smallest absolute Gasteiger partial charge is 0.290 e. The van der Waals surface area contributed by atoms with Crippen LogP contribution in [-0.2, 0) is 0 Å². The first kappa shape index (κ1) is 14.0. The van der Waals surface area contributed by atoms with E-state index in [0.29, 0.717) is 5.56 Å². The van der Waals surface area contributed by atoms with Crippen molar-refractivity contribution < 1.29 is 8.78 Å². The Bertz CT molecular complexity index is 597. The maximum Gasteiger partial charge on any atom is 0.320 e. The summed E-state index contributed by atoms with van der Waals surface area (Å²) in [6, 6.07) is 12.5. The highest BCUT2D eigenvalue weighted by molar-refractivity contribution is 9.10. The molecule has 0 radical (unpaired) electrons. The first-order valence-corrected chi connectivity index (χ1v) is 7.65. The van der Waals surface area contributed by atoms with Gasteiger partial charge in [-0.2, -0.15) is 8.78 Å². The van der Waals surface area contributed by atoms with E-state index in [0.717, 1.165) is 36.7 Å². The summed E-state index contributed by atoms with van der Waals surface area (Å²) in [7, 11) is 0. The predicted octanol–water partition coefficient (Wildman–Crippen LogP) is 4.96. The maximum absolute atomic E-state index is 14.1. The standard InChI is InChI=1S/C16H16BrF2N/c17-16(18,19)15(20-10-3-4-11-20)14-9-5-7-12-6-1-2-8-13(12)14/h1-2,5-9,15H,3-4,10-11H2. The van der Waals surface area contributed by atoms with E-state index in [-0.39, 0.29) is 0 Å². The van der Waals surface area contributed by atoms with Gasteiger partial charge in [-0.15, -0.1) is 0 Å². The van der Waals surface area contributed by atoms with Crippen LogP contribution in [0.1, 0.15) is 24.4 Å². The summed E-state index contributed by atoms with van der Waals surface area (Å²) >= 11 is 2.60. The lowest BCUT2D eigenvalue weighted by Crippen LogP contribution is -2.35. The number of benzene rings is 2. The molecule has 1 unspecified atom stereocenters. The summed E-state index contributed by atoms with van der Waals surface area (Å²) in [5.41, 5.74) is 0.701. The van der Waals surface area contributed by atoms with Gasteiger partial charge in [0, 0.05) is 0 Å². The third-order valence-electron chi connectivity index (χ3n) is 3.93. The van der Waals surface area contributed by atoms with Crippen LogP contribution in [0, 0.1) is 0 Å². The summed E-state index contributed by atoms with van der Waals surface area (Å²) < 4.78 is 28.3. The van der Waals surface area contributed by atoms with E-state index < -0.39 is 10.9 Å². The second-order valence-electron chi connectivity index (χ2n) is 5.26. The predicted molar refractivity (Wildman–Crippen MR) is 81.4 cm³/mol. The minimum atomic E-state index is -2.93. The second kappa shape index (κ2) is 5.41. The fourth-order valence-corrected chi connectivity index (χ4v) is 3.60. The molecule has 1 saturated heterocycles. The molecule has 0 N–H and O–H groups in total. The molecule has 0 aromatic heterocycles. The van der Waals surface area contributed by atoms with E-state index >= 15 is 0 Å².